The largest absolute Gasteiger partial charge is 0.480 e. The molecule has 6 heteroatoms. The average molecular weight is 446 g/mol. The molecule has 0 saturated heterocycles. The smallest absolute Gasteiger partial charge is 0.325 e. The Morgan fingerprint density at radius 2 is 1.52 bits per heavy atom. The Morgan fingerprint density at radius 1 is 0.909 bits per heavy atom. The first-order valence-corrected chi connectivity index (χ1v) is 12.0. The van der Waals surface area contributed by atoms with Crippen LogP contribution in [-0.2, 0) is 9.59 Å². The minimum absolute atomic E-state index is 0.0798. The molecular formula is C27H31N3O3. The Balaban J connectivity index is 1.31. The highest BCUT2D eigenvalue weighted by Crippen LogP contribution is 2.55. The lowest BCUT2D eigenvalue weighted by atomic mass is 9.53. The molecule has 4 bridgehead atoms. The fourth-order valence-electron chi connectivity index (χ4n) is 6.66. The maximum atomic E-state index is 13.0. The van der Waals surface area contributed by atoms with Gasteiger partial charge in [0.15, 0.2) is 0 Å². The quantitative estimate of drug-likeness (QED) is 0.534. The highest BCUT2D eigenvalue weighted by Gasteiger charge is 2.50. The molecule has 4 aliphatic carbocycles. The van der Waals surface area contributed by atoms with Crippen molar-refractivity contribution < 1.29 is 14.7 Å². The third kappa shape index (κ3) is 4.86. The van der Waals surface area contributed by atoms with Crippen LogP contribution in [-0.4, -0.2) is 41.3 Å². The van der Waals surface area contributed by atoms with Crippen LogP contribution in [0.25, 0.3) is 0 Å². The molecule has 0 atom stereocenters. The summed E-state index contributed by atoms with van der Waals surface area (Å²) >= 11 is 0. The Labute approximate surface area is 194 Å². The zero-order valence-electron chi connectivity index (χ0n) is 18.8. The van der Waals surface area contributed by atoms with E-state index < -0.39 is 5.97 Å². The molecule has 4 saturated carbocycles. The van der Waals surface area contributed by atoms with Crippen molar-refractivity contribution in [3.63, 3.8) is 0 Å². The number of carboxylic acid groups (broad SMARTS) is 1. The van der Waals surface area contributed by atoms with E-state index in [0.29, 0.717) is 17.0 Å². The molecule has 0 aliphatic heterocycles. The topological polar surface area (TPSA) is 90.8 Å². The predicted molar refractivity (Wildman–Crippen MR) is 129 cm³/mol. The number of carbonyl (C=O) groups excluding carboxylic acids is 1. The average Bonchev–Trinajstić information content (AvgIpc) is 2.79. The molecule has 0 unspecified atom stereocenters. The standard InChI is InChI=1S/C27H31N3O3/c31-24(16-29-27-13-18-10-19(14-27)12-20(11-18)15-27)30-23-9-5-4-8-22(23)26(28-17-25(32)33)21-6-2-1-3-7-21/h1-9,18-20,29H,10-17H2,(H,30,31)(H,32,33). The molecule has 0 aromatic heterocycles. The van der Waals surface area contributed by atoms with Gasteiger partial charge in [-0.3, -0.25) is 14.6 Å². The molecule has 4 aliphatic rings. The minimum atomic E-state index is -0.996. The highest BCUT2D eigenvalue weighted by molar-refractivity contribution is 6.17. The highest BCUT2D eigenvalue weighted by atomic mass is 16.4. The van der Waals surface area contributed by atoms with Crippen molar-refractivity contribution in [3.8, 4) is 0 Å². The maximum absolute atomic E-state index is 13.0. The Bertz CT molecular complexity index is 1030. The Kier molecular flexibility index (Phi) is 6.02. The number of hydrogen-bond acceptors (Lipinski definition) is 4. The number of aliphatic imine (C=N–C) groups is 1. The Hall–Kier alpha value is -2.99. The summed E-state index contributed by atoms with van der Waals surface area (Å²) in [5.74, 6) is 1.40. The summed E-state index contributed by atoms with van der Waals surface area (Å²) < 4.78 is 0. The van der Waals surface area contributed by atoms with E-state index in [1.807, 2.05) is 54.6 Å². The lowest BCUT2D eigenvalue weighted by Gasteiger charge is -2.57. The lowest BCUT2D eigenvalue weighted by Crippen LogP contribution is -2.59. The zero-order chi connectivity index (χ0) is 22.8. The van der Waals surface area contributed by atoms with Crippen molar-refractivity contribution in [3.05, 3.63) is 65.7 Å². The predicted octanol–water partition coefficient (Wildman–Crippen LogP) is 4.11. The van der Waals surface area contributed by atoms with Gasteiger partial charge in [-0.2, -0.15) is 0 Å². The van der Waals surface area contributed by atoms with Crippen LogP contribution in [0.1, 0.15) is 49.7 Å². The summed E-state index contributed by atoms with van der Waals surface area (Å²) in [6, 6.07) is 16.9. The van der Waals surface area contributed by atoms with E-state index >= 15 is 0 Å². The number of nitrogens with one attached hydrogen (secondary N) is 2. The first-order valence-electron chi connectivity index (χ1n) is 12.0. The summed E-state index contributed by atoms with van der Waals surface area (Å²) in [5, 5.41) is 15.9. The zero-order valence-corrected chi connectivity index (χ0v) is 18.8. The molecule has 6 nitrogen and oxygen atoms in total. The van der Waals surface area contributed by atoms with Gasteiger partial charge in [0.25, 0.3) is 0 Å². The van der Waals surface area contributed by atoms with Crippen LogP contribution in [0, 0.1) is 17.8 Å². The summed E-state index contributed by atoms with van der Waals surface area (Å²) in [7, 11) is 0. The number of aliphatic carboxylic acids is 1. The van der Waals surface area contributed by atoms with Crippen LogP contribution in [0.4, 0.5) is 5.69 Å². The minimum Gasteiger partial charge on any atom is -0.480 e. The van der Waals surface area contributed by atoms with Gasteiger partial charge in [-0.1, -0.05) is 48.5 Å². The molecule has 172 valence electrons. The van der Waals surface area contributed by atoms with Gasteiger partial charge in [0.1, 0.15) is 6.54 Å². The third-order valence-electron chi connectivity index (χ3n) is 7.54. The molecule has 2 aromatic rings. The van der Waals surface area contributed by atoms with Crippen LogP contribution < -0.4 is 10.6 Å². The summed E-state index contributed by atoms with van der Waals surface area (Å²) in [6.07, 6.45) is 7.71. The van der Waals surface area contributed by atoms with Crippen molar-refractivity contribution in [2.45, 2.75) is 44.1 Å². The van der Waals surface area contributed by atoms with Crippen LogP contribution in [0.15, 0.2) is 59.6 Å². The molecule has 0 heterocycles. The second kappa shape index (κ2) is 9.10. The first-order chi connectivity index (χ1) is 16.0. The number of anilines is 1. The van der Waals surface area contributed by atoms with Gasteiger partial charge >= 0.3 is 5.97 Å². The Morgan fingerprint density at radius 3 is 2.15 bits per heavy atom. The van der Waals surface area contributed by atoms with E-state index in [1.54, 1.807) is 0 Å². The van der Waals surface area contributed by atoms with Crippen LogP contribution in [0.5, 0.6) is 0 Å². The van der Waals surface area contributed by atoms with Crippen LogP contribution in [0.3, 0.4) is 0 Å². The molecule has 1 amide bonds. The normalized spacial score (nSPS) is 28.0. The van der Waals surface area contributed by atoms with E-state index in [0.717, 1.165) is 23.3 Å². The van der Waals surface area contributed by atoms with Crippen molar-refractivity contribution >= 4 is 23.3 Å². The molecule has 0 spiro atoms. The molecule has 33 heavy (non-hydrogen) atoms. The second-order valence-electron chi connectivity index (χ2n) is 10.1. The number of amides is 1. The molecule has 2 aromatic carbocycles. The number of hydrogen-bond donors (Lipinski definition) is 3. The van der Waals surface area contributed by atoms with Gasteiger partial charge in [-0.25, -0.2) is 0 Å². The van der Waals surface area contributed by atoms with E-state index in [9.17, 15) is 14.7 Å². The van der Waals surface area contributed by atoms with Gasteiger partial charge in [0, 0.05) is 16.7 Å². The van der Waals surface area contributed by atoms with E-state index in [1.165, 1.54) is 38.5 Å². The number of para-hydroxylation sites is 1. The number of carboxylic acids is 1. The molecule has 6 rings (SSSR count). The third-order valence-corrected chi connectivity index (χ3v) is 7.54. The van der Waals surface area contributed by atoms with Gasteiger partial charge in [-0.15, -0.1) is 0 Å². The summed E-state index contributed by atoms with van der Waals surface area (Å²) in [4.78, 5) is 28.5. The van der Waals surface area contributed by atoms with Crippen LogP contribution >= 0.6 is 0 Å². The fraction of sp³-hybridized carbons (Fsp3) is 0.444. The monoisotopic (exact) mass is 445 g/mol. The SMILES string of the molecule is O=C(O)CN=C(c1ccccc1)c1ccccc1NC(=O)CNC12CC3CC(CC(C3)C1)C2. The molecule has 3 N–H and O–H groups in total. The van der Waals surface area contributed by atoms with Crippen molar-refractivity contribution in [2.75, 3.05) is 18.4 Å². The fourth-order valence-corrected chi connectivity index (χ4v) is 6.66. The van der Waals surface area contributed by atoms with Gasteiger partial charge in [0.05, 0.1) is 17.9 Å². The molecular weight excluding hydrogens is 414 g/mol. The summed E-state index contributed by atoms with van der Waals surface area (Å²) in [6.45, 7) is -0.0481. The lowest BCUT2D eigenvalue weighted by molar-refractivity contribution is -0.135. The van der Waals surface area contributed by atoms with E-state index in [4.69, 9.17) is 0 Å². The second-order valence-corrected chi connectivity index (χ2v) is 10.1. The van der Waals surface area contributed by atoms with Gasteiger partial charge in [0.2, 0.25) is 5.91 Å². The molecule has 4 fully saturated rings. The van der Waals surface area contributed by atoms with Gasteiger partial charge < -0.3 is 15.7 Å². The molecule has 0 radical (unpaired) electrons. The number of nitrogens with zero attached hydrogens (tertiary/aromatic N) is 1. The van der Waals surface area contributed by atoms with E-state index in [-0.39, 0.29) is 24.5 Å². The number of benzene rings is 2. The summed E-state index contributed by atoms with van der Waals surface area (Å²) in [5.41, 5.74) is 2.86. The van der Waals surface area contributed by atoms with Crippen molar-refractivity contribution in [1.29, 1.82) is 0 Å². The first kappa shape index (κ1) is 21.8. The number of carbonyl (C=O) groups is 2. The van der Waals surface area contributed by atoms with Gasteiger partial charge in [-0.05, 0) is 62.3 Å². The maximum Gasteiger partial charge on any atom is 0.325 e. The van der Waals surface area contributed by atoms with Crippen LogP contribution in [0.2, 0.25) is 0 Å². The van der Waals surface area contributed by atoms with Crippen molar-refractivity contribution in [2.24, 2.45) is 22.7 Å². The van der Waals surface area contributed by atoms with E-state index in [2.05, 4.69) is 15.6 Å². The number of rotatable bonds is 8. The van der Waals surface area contributed by atoms with Crippen molar-refractivity contribution in [1.82, 2.24) is 5.32 Å².